The van der Waals surface area contributed by atoms with Crippen molar-refractivity contribution in [2.75, 3.05) is 6.54 Å². The van der Waals surface area contributed by atoms with E-state index in [4.69, 9.17) is 9.63 Å². The Kier molecular flexibility index (Phi) is 2.84. The molecule has 6 heteroatoms. The molecule has 1 aromatic heterocycles. The highest BCUT2D eigenvalue weighted by Crippen LogP contribution is 2.01. The van der Waals surface area contributed by atoms with Crippen molar-refractivity contribution in [3.05, 3.63) is 11.7 Å². The molecule has 1 aromatic rings. The van der Waals surface area contributed by atoms with Crippen molar-refractivity contribution in [1.29, 1.82) is 0 Å². The summed E-state index contributed by atoms with van der Waals surface area (Å²) in [6.07, 6.45) is -0.988. The average Bonchev–Trinajstić information content (AvgIpc) is 2.46. The first-order valence-electron chi connectivity index (χ1n) is 3.90. The number of hydrogen-bond acceptors (Lipinski definition) is 4. The van der Waals surface area contributed by atoms with Gasteiger partial charge in [-0.25, -0.2) is 4.79 Å². The number of aromatic nitrogens is 2. The molecule has 0 atom stereocenters. The van der Waals surface area contributed by atoms with E-state index in [0.717, 1.165) is 0 Å². The lowest BCUT2D eigenvalue weighted by Crippen LogP contribution is -2.28. The molecule has 0 aliphatic heterocycles. The van der Waals surface area contributed by atoms with Gasteiger partial charge in [-0.3, -0.25) is 4.90 Å². The van der Waals surface area contributed by atoms with E-state index < -0.39 is 6.09 Å². The molecule has 0 aliphatic rings. The molecule has 6 nitrogen and oxygen atoms in total. The number of nitrogens with zero attached hydrogens (tertiary/aromatic N) is 3. The topological polar surface area (TPSA) is 79.5 Å². The SMILES string of the molecule is CCN(Cc1nc(C)no1)C(=O)O. The summed E-state index contributed by atoms with van der Waals surface area (Å²) in [6, 6.07) is 0. The Morgan fingerprint density at radius 1 is 1.69 bits per heavy atom. The molecule has 0 radical (unpaired) electrons. The number of amides is 1. The zero-order valence-electron chi connectivity index (χ0n) is 7.52. The Bertz CT molecular complexity index is 297. The van der Waals surface area contributed by atoms with Crippen LogP contribution in [0.2, 0.25) is 0 Å². The smallest absolute Gasteiger partial charge is 0.407 e. The van der Waals surface area contributed by atoms with Crippen molar-refractivity contribution >= 4 is 6.09 Å². The first-order chi connectivity index (χ1) is 6.13. The van der Waals surface area contributed by atoms with Gasteiger partial charge in [0.15, 0.2) is 5.82 Å². The van der Waals surface area contributed by atoms with Gasteiger partial charge in [-0.2, -0.15) is 4.98 Å². The molecular weight excluding hydrogens is 174 g/mol. The number of carboxylic acid groups (broad SMARTS) is 1. The molecule has 1 rings (SSSR count). The largest absolute Gasteiger partial charge is 0.465 e. The number of hydrogen-bond donors (Lipinski definition) is 1. The lowest BCUT2D eigenvalue weighted by Gasteiger charge is -2.13. The van der Waals surface area contributed by atoms with Crippen LogP contribution in [0.25, 0.3) is 0 Å². The highest BCUT2D eigenvalue weighted by molar-refractivity contribution is 5.64. The summed E-state index contributed by atoms with van der Waals surface area (Å²) in [4.78, 5) is 15.7. The molecule has 0 unspecified atom stereocenters. The van der Waals surface area contributed by atoms with E-state index in [1.807, 2.05) is 0 Å². The lowest BCUT2D eigenvalue weighted by molar-refractivity contribution is 0.139. The zero-order valence-corrected chi connectivity index (χ0v) is 7.52. The predicted molar refractivity (Wildman–Crippen MR) is 43.1 cm³/mol. The summed E-state index contributed by atoms with van der Waals surface area (Å²) < 4.78 is 4.78. The second-order valence-corrected chi connectivity index (χ2v) is 2.53. The van der Waals surface area contributed by atoms with Crippen LogP contribution in [-0.2, 0) is 6.54 Å². The van der Waals surface area contributed by atoms with Crippen LogP contribution in [0.4, 0.5) is 4.79 Å². The van der Waals surface area contributed by atoms with Crippen LogP contribution >= 0.6 is 0 Å². The average molecular weight is 185 g/mol. The molecule has 0 saturated carbocycles. The van der Waals surface area contributed by atoms with Crippen LogP contribution in [0.1, 0.15) is 18.6 Å². The van der Waals surface area contributed by atoms with Crippen molar-refractivity contribution in [3.8, 4) is 0 Å². The van der Waals surface area contributed by atoms with Gasteiger partial charge in [0.2, 0.25) is 5.89 Å². The minimum atomic E-state index is -0.988. The third-order valence-corrected chi connectivity index (χ3v) is 1.55. The van der Waals surface area contributed by atoms with Gasteiger partial charge in [-0.1, -0.05) is 5.16 Å². The molecule has 0 spiro atoms. The summed E-state index contributed by atoms with van der Waals surface area (Å²) >= 11 is 0. The third-order valence-electron chi connectivity index (χ3n) is 1.55. The molecule has 72 valence electrons. The van der Waals surface area contributed by atoms with Crippen LogP contribution in [0.5, 0.6) is 0 Å². The van der Waals surface area contributed by atoms with E-state index in [0.29, 0.717) is 18.3 Å². The Balaban J connectivity index is 2.61. The molecule has 1 heterocycles. The number of carbonyl (C=O) groups is 1. The van der Waals surface area contributed by atoms with Crippen LogP contribution in [0.3, 0.4) is 0 Å². The minimum absolute atomic E-state index is 0.146. The molecular formula is C7H11N3O3. The van der Waals surface area contributed by atoms with Crippen molar-refractivity contribution in [2.45, 2.75) is 20.4 Å². The zero-order chi connectivity index (χ0) is 9.84. The van der Waals surface area contributed by atoms with E-state index >= 15 is 0 Å². The first-order valence-corrected chi connectivity index (χ1v) is 3.90. The van der Waals surface area contributed by atoms with Crippen molar-refractivity contribution in [3.63, 3.8) is 0 Å². The maximum atomic E-state index is 10.6. The van der Waals surface area contributed by atoms with Crippen LogP contribution in [-0.4, -0.2) is 32.8 Å². The Hall–Kier alpha value is -1.59. The summed E-state index contributed by atoms with van der Waals surface area (Å²) in [6.45, 7) is 3.98. The number of rotatable bonds is 3. The fourth-order valence-corrected chi connectivity index (χ4v) is 0.882. The van der Waals surface area contributed by atoms with Gasteiger partial charge in [-0.15, -0.1) is 0 Å². The molecule has 0 aromatic carbocycles. The fraction of sp³-hybridized carbons (Fsp3) is 0.571. The normalized spacial score (nSPS) is 10.0. The van der Waals surface area contributed by atoms with E-state index in [9.17, 15) is 4.79 Å². The Labute approximate surface area is 75.2 Å². The Morgan fingerprint density at radius 3 is 2.77 bits per heavy atom. The van der Waals surface area contributed by atoms with Gasteiger partial charge < -0.3 is 9.63 Å². The first kappa shape index (κ1) is 9.50. The number of aryl methyl sites for hydroxylation is 1. The molecule has 0 saturated heterocycles. The molecule has 0 aliphatic carbocycles. The summed E-state index contributed by atoms with van der Waals surface area (Å²) in [5, 5.41) is 12.2. The van der Waals surface area contributed by atoms with Crippen molar-refractivity contribution in [1.82, 2.24) is 15.0 Å². The summed E-state index contributed by atoms with van der Waals surface area (Å²) in [5.41, 5.74) is 0. The van der Waals surface area contributed by atoms with Crippen molar-refractivity contribution in [2.24, 2.45) is 0 Å². The van der Waals surface area contributed by atoms with Crippen LogP contribution in [0, 0.1) is 6.92 Å². The molecule has 1 amide bonds. The highest BCUT2D eigenvalue weighted by atomic mass is 16.5. The van der Waals surface area contributed by atoms with Gasteiger partial charge in [0, 0.05) is 6.54 Å². The monoisotopic (exact) mass is 185 g/mol. The fourth-order valence-electron chi connectivity index (χ4n) is 0.882. The van der Waals surface area contributed by atoms with Gasteiger partial charge in [0.05, 0.1) is 0 Å². The van der Waals surface area contributed by atoms with E-state index in [1.165, 1.54) is 4.90 Å². The van der Waals surface area contributed by atoms with Crippen LogP contribution < -0.4 is 0 Å². The standard InChI is InChI=1S/C7H11N3O3/c1-3-10(7(11)12)4-6-8-5(2)9-13-6/h3-4H2,1-2H3,(H,11,12). The molecule has 1 N–H and O–H groups in total. The summed E-state index contributed by atoms with van der Waals surface area (Å²) in [7, 11) is 0. The van der Waals surface area contributed by atoms with Gasteiger partial charge in [-0.05, 0) is 13.8 Å². The molecule has 0 bridgehead atoms. The van der Waals surface area contributed by atoms with Gasteiger partial charge in [0.25, 0.3) is 0 Å². The quantitative estimate of drug-likeness (QED) is 0.756. The minimum Gasteiger partial charge on any atom is -0.465 e. The van der Waals surface area contributed by atoms with E-state index in [-0.39, 0.29) is 6.54 Å². The van der Waals surface area contributed by atoms with E-state index in [1.54, 1.807) is 13.8 Å². The third kappa shape index (κ3) is 2.43. The molecule has 13 heavy (non-hydrogen) atoms. The van der Waals surface area contributed by atoms with Gasteiger partial charge in [0.1, 0.15) is 6.54 Å². The second-order valence-electron chi connectivity index (χ2n) is 2.53. The maximum absolute atomic E-state index is 10.6. The summed E-state index contributed by atoms with van der Waals surface area (Å²) in [5.74, 6) is 0.832. The predicted octanol–water partition coefficient (Wildman–Crippen LogP) is 0.878. The van der Waals surface area contributed by atoms with E-state index in [2.05, 4.69) is 10.1 Å². The van der Waals surface area contributed by atoms with Crippen molar-refractivity contribution < 1.29 is 14.4 Å². The highest BCUT2D eigenvalue weighted by Gasteiger charge is 2.13. The maximum Gasteiger partial charge on any atom is 0.407 e. The second kappa shape index (κ2) is 3.88. The van der Waals surface area contributed by atoms with Crippen LogP contribution in [0.15, 0.2) is 4.52 Å². The Morgan fingerprint density at radius 2 is 2.38 bits per heavy atom. The van der Waals surface area contributed by atoms with Gasteiger partial charge >= 0.3 is 6.09 Å². The lowest BCUT2D eigenvalue weighted by atomic mass is 10.5. The molecule has 0 fully saturated rings.